The number of rotatable bonds is 20. The third kappa shape index (κ3) is 14.7. The average molecular weight is 1560 g/mol. The molecule has 16 aromatic carbocycles. The van der Waals surface area contributed by atoms with E-state index in [1.165, 1.54) is 105 Å². The number of para-hydroxylation sites is 8. The Morgan fingerprint density at radius 1 is 0.112 bits per heavy atom. The Bertz CT molecular complexity index is 5620. The van der Waals surface area contributed by atoms with Gasteiger partial charge in [0.05, 0.1) is 18.8 Å². The second-order valence-electron chi connectivity index (χ2n) is 28.2. The van der Waals surface area contributed by atoms with Crippen LogP contribution in [0.3, 0.4) is 0 Å². The molecule has 8 heteroatoms. The Labute approximate surface area is 693 Å². The molecular formula is C108H76N4S4. The van der Waals surface area contributed by atoms with Crippen molar-refractivity contribution in [2.45, 2.75) is 0 Å². The van der Waals surface area contributed by atoms with Crippen molar-refractivity contribution in [3.63, 3.8) is 0 Å². The lowest BCUT2D eigenvalue weighted by atomic mass is 9.99. The summed E-state index contributed by atoms with van der Waals surface area (Å²) in [6.45, 7) is 0. The lowest BCUT2D eigenvalue weighted by molar-refractivity contribution is 1.28. The number of hydrogen-bond acceptors (Lipinski definition) is 8. The number of nitrogens with zero attached hydrogens (tertiary/aromatic N) is 4. The van der Waals surface area contributed by atoms with Gasteiger partial charge in [-0.15, -0.1) is 45.3 Å². The molecule has 0 saturated carbocycles. The molecule has 0 spiro atoms. The van der Waals surface area contributed by atoms with Crippen LogP contribution in [0, 0.1) is 0 Å². The number of thiophene rings is 4. The van der Waals surface area contributed by atoms with Gasteiger partial charge in [-0.1, -0.05) is 315 Å². The van der Waals surface area contributed by atoms with Gasteiger partial charge in [0.1, 0.15) is 0 Å². The quantitative estimate of drug-likeness (QED) is 0.0754. The first-order valence-electron chi connectivity index (χ1n) is 39.0. The Balaban J connectivity index is 0.000000155. The first kappa shape index (κ1) is 72.3. The van der Waals surface area contributed by atoms with Crippen LogP contribution >= 0.6 is 45.3 Å². The number of fused-ring (bicyclic) bond motifs is 2. The van der Waals surface area contributed by atoms with Crippen molar-refractivity contribution in [3.8, 4) is 86.3 Å². The van der Waals surface area contributed by atoms with E-state index in [1.807, 2.05) is 45.3 Å². The van der Waals surface area contributed by atoms with Gasteiger partial charge in [0.2, 0.25) is 0 Å². The normalized spacial score (nSPS) is 11.1. The molecule has 4 aromatic heterocycles. The van der Waals surface area contributed by atoms with E-state index < -0.39 is 0 Å². The van der Waals surface area contributed by atoms with Crippen molar-refractivity contribution in [1.82, 2.24) is 0 Å². The predicted molar refractivity (Wildman–Crippen MR) is 502 cm³/mol. The minimum Gasteiger partial charge on any atom is -0.311 e. The van der Waals surface area contributed by atoms with Gasteiger partial charge in [-0.25, -0.2) is 0 Å². The smallest absolute Gasteiger partial charge is 0.0548 e. The maximum atomic E-state index is 2.32. The van der Waals surface area contributed by atoms with Crippen molar-refractivity contribution < 1.29 is 0 Å². The van der Waals surface area contributed by atoms with Gasteiger partial charge >= 0.3 is 0 Å². The Kier molecular flexibility index (Phi) is 20.8. The monoisotopic (exact) mass is 1560 g/mol. The molecule has 0 atom stereocenters. The third-order valence-corrected chi connectivity index (χ3v) is 26.2. The summed E-state index contributed by atoms with van der Waals surface area (Å²) in [5, 5.41) is 0. The van der Waals surface area contributed by atoms with E-state index in [0.29, 0.717) is 0 Å². The van der Waals surface area contributed by atoms with Crippen LogP contribution in [0.25, 0.3) is 105 Å². The molecule has 0 fully saturated rings. The van der Waals surface area contributed by atoms with Crippen LogP contribution < -0.4 is 19.6 Å². The molecule has 0 aliphatic heterocycles. The van der Waals surface area contributed by atoms with Gasteiger partial charge in [-0.2, -0.15) is 0 Å². The summed E-state index contributed by atoms with van der Waals surface area (Å²) in [4.78, 5) is 14.4. The van der Waals surface area contributed by atoms with Crippen molar-refractivity contribution >= 4 is 132 Å². The highest BCUT2D eigenvalue weighted by atomic mass is 32.1. The summed E-state index contributed by atoms with van der Waals surface area (Å²) in [5.74, 6) is 0. The topological polar surface area (TPSA) is 13.0 Å². The third-order valence-electron chi connectivity index (χ3n) is 21.0. The Morgan fingerprint density at radius 2 is 0.233 bits per heavy atom. The maximum absolute atomic E-state index is 2.32. The fourth-order valence-corrected chi connectivity index (χ4v) is 21.5. The first-order valence-corrected chi connectivity index (χ1v) is 42.3. The van der Waals surface area contributed by atoms with Crippen molar-refractivity contribution in [1.29, 1.82) is 0 Å². The molecule has 0 aliphatic rings. The van der Waals surface area contributed by atoms with Gasteiger partial charge < -0.3 is 19.6 Å². The molecule has 0 amide bonds. The summed E-state index contributed by atoms with van der Waals surface area (Å²) in [7, 11) is 0. The van der Waals surface area contributed by atoms with E-state index in [-0.39, 0.29) is 0 Å². The molecule has 0 unspecified atom stereocenters. The zero-order chi connectivity index (χ0) is 77.4. The Morgan fingerprint density at radius 3 is 0.371 bits per heavy atom. The molecule has 552 valence electrons. The largest absolute Gasteiger partial charge is 0.311 e. The van der Waals surface area contributed by atoms with Gasteiger partial charge in [0.25, 0.3) is 0 Å². The fourth-order valence-electron chi connectivity index (χ4n) is 15.6. The summed E-state index contributed by atoms with van der Waals surface area (Å²) < 4.78 is 5.25. The van der Waals surface area contributed by atoms with Gasteiger partial charge in [-0.3, -0.25) is 0 Å². The molecule has 4 nitrogen and oxygen atoms in total. The van der Waals surface area contributed by atoms with E-state index in [4.69, 9.17) is 0 Å². The highest BCUT2D eigenvalue weighted by Crippen LogP contribution is 2.58. The summed E-state index contributed by atoms with van der Waals surface area (Å²) >= 11 is 7.63. The summed E-state index contributed by atoms with van der Waals surface area (Å²) in [6.07, 6.45) is 0. The molecule has 4 heterocycles. The molecule has 0 bridgehead atoms. The zero-order valence-corrected chi connectivity index (χ0v) is 66.6. The molecule has 0 aliphatic carbocycles. The van der Waals surface area contributed by atoms with Crippen LogP contribution in [0.5, 0.6) is 0 Å². The lowest BCUT2D eigenvalue weighted by Crippen LogP contribution is -2.09. The van der Waals surface area contributed by atoms with Crippen LogP contribution in [0.1, 0.15) is 0 Å². The van der Waals surface area contributed by atoms with E-state index in [2.05, 4.69) is 481 Å². The van der Waals surface area contributed by atoms with Crippen molar-refractivity contribution in [3.05, 3.63) is 461 Å². The van der Waals surface area contributed by atoms with Gasteiger partial charge in [-0.05, 0) is 190 Å². The minimum absolute atomic E-state index is 1.12. The Hall–Kier alpha value is -14.0. The molecule has 116 heavy (non-hydrogen) atoms. The van der Waals surface area contributed by atoms with Crippen LogP contribution in [-0.4, -0.2) is 0 Å². The minimum atomic E-state index is 1.12. The van der Waals surface area contributed by atoms with E-state index in [9.17, 15) is 0 Å². The molecule has 0 N–H and O–H groups in total. The van der Waals surface area contributed by atoms with Crippen LogP contribution in [0.4, 0.5) is 68.2 Å². The second-order valence-corrected chi connectivity index (χ2v) is 32.3. The van der Waals surface area contributed by atoms with Crippen LogP contribution in [-0.2, 0) is 0 Å². The standard InChI is InChI=1S/2C54H38N2S2/c2*1-7-19-41(20-8-1)51-49(39-31-35-47(36-32-39)55(43-23-11-3-12-24-43)44-25-13-4-14-26-44)53-54(57-51)50(52(58-53)42-21-9-2-10-22-42)40-33-37-48(38-34-40)56(45-27-15-5-16-28-45)46-29-17-6-18-30-46/h2*1-38H. The molecule has 0 saturated heterocycles. The fraction of sp³-hybridized carbons (Fsp3) is 0. The second kappa shape index (κ2) is 33.4. The zero-order valence-electron chi connectivity index (χ0n) is 63.3. The predicted octanol–water partition coefficient (Wildman–Crippen LogP) is 33.1. The van der Waals surface area contributed by atoms with E-state index in [0.717, 1.165) is 68.2 Å². The van der Waals surface area contributed by atoms with Gasteiger partial charge in [0.15, 0.2) is 0 Å². The van der Waals surface area contributed by atoms with E-state index in [1.54, 1.807) is 0 Å². The number of anilines is 12. The van der Waals surface area contributed by atoms with E-state index >= 15 is 0 Å². The maximum Gasteiger partial charge on any atom is 0.0548 e. The van der Waals surface area contributed by atoms with Gasteiger partial charge in [0, 0.05) is 110 Å². The molecular weight excluding hydrogens is 1480 g/mol. The highest BCUT2D eigenvalue weighted by molar-refractivity contribution is 7.34. The summed E-state index contributed by atoms with van der Waals surface area (Å²) in [5.41, 5.74) is 28.4. The van der Waals surface area contributed by atoms with Crippen molar-refractivity contribution in [2.75, 3.05) is 19.6 Å². The van der Waals surface area contributed by atoms with Crippen molar-refractivity contribution in [2.24, 2.45) is 0 Å². The number of benzene rings is 16. The van der Waals surface area contributed by atoms with Crippen LogP contribution in [0.15, 0.2) is 461 Å². The average Bonchev–Trinajstić information content (AvgIpc) is 1.58. The molecule has 0 radical (unpaired) electrons. The summed E-state index contributed by atoms with van der Waals surface area (Å²) in [6, 6.07) is 165. The molecule has 20 aromatic rings. The first-order chi connectivity index (χ1) is 57.6. The highest BCUT2D eigenvalue weighted by Gasteiger charge is 2.29. The molecule has 20 rings (SSSR count). The SMILES string of the molecule is c1ccc(-c2sc3c(-c4ccc(N(c5ccccc5)c5ccccc5)cc4)c(-c4ccccc4)sc3c2-c2ccc(N(c3ccccc3)c3ccccc3)cc2)cc1.c1ccc(-c2sc3c(-c4ccc(N(c5ccccc5)c5ccccc5)cc4)c(-c4ccccc4)sc3c2-c2ccc(N(c3ccccc3)c3ccccc3)cc2)cc1. The lowest BCUT2D eigenvalue weighted by Gasteiger charge is -2.25. The van der Waals surface area contributed by atoms with Crippen LogP contribution in [0.2, 0.25) is 0 Å². The number of hydrogen-bond donors (Lipinski definition) is 0.